The van der Waals surface area contributed by atoms with Gasteiger partial charge in [0.05, 0.1) is 6.61 Å². The first-order chi connectivity index (χ1) is 7.45. The Hall–Kier alpha value is 0.140. The third kappa shape index (κ3) is 12.2. The largest absolute Gasteiger partial charge is 0.508 e. The molecule has 0 rings (SSSR count). The summed E-state index contributed by atoms with van der Waals surface area (Å²) in [6.07, 6.45) is 4.64. The molecule has 0 heterocycles. The molecule has 0 saturated heterocycles. The highest BCUT2D eigenvalue weighted by molar-refractivity contribution is 6.67. The van der Waals surface area contributed by atoms with Gasteiger partial charge < -0.3 is 9.47 Å². The molecule has 0 N–H and O–H groups in total. The first-order valence-corrected chi connectivity index (χ1v) is 6.45. The lowest BCUT2D eigenvalue weighted by atomic mass is 10.2. The van der Waals surface area contributed by atoms with E-state index in [2.05, 4.69) is 11.7 Å². The third-order valence-electron chi connectivity index (χ3n) is 1.82. The Morgan fingerprint density at radius 2 is 1.69 bits per heavy atom. The fourth-order valence-electron chi connectivity index (χ4n) is 1.04. The van der Waals surface area contributed by atoms with E-state index in [1.807, 2.05) is 0 Å². The number of alkyl halides is 3. The number of rotatable bonds is 7. The van der Waals surface area contributed by atoms with Crippen LogP contribution in [0.25, 0.3) is 0 Å². The van der Waals surface area contributed by atoms with Crippen LogP contribution in [0.15, 0.2) is 0 Å². The fourth-order valence-corrected chi connectivity index (χ4v) is 1.21. The van der Waals surface area contributed by atoms with Crippen LogP contribution in [-0.2, 0) is 9.47 Å². The molecule has 96 valence electrons. The van der Waals surface area contributed by atoms with E-state index in [0.717, 1.165) is 19.3 Å². The van der Waals surface area contributed by atoms with Gasteiger partial charge in [0.1, 0.15) is 6.61 Å². The van der Waals surface area contributed by atoms with E-state index in [9.17, 15) is 4.79 Å². The highest BCUT2D eigenvalue weighted by Gasteiger charge is 2.22. The van der Waals surface area contributed by atoms with Gasteiger partial charge >= 0.3 is 6.16 Å². The van der Waals surface area contributed by atoms with Crippen molar-refractivity contribution in [1.29, 1.82) is 0 Å². The minimum Gasteiger partial charge on any atom is -0.434 e. The number of hydrogen-bond donors (Lipinski definition) is 0. The normalized spacial score (nSPS) is 11.2. The predicted octanol–water partition coefficient (Wildman–Crippen LogP) is 4.48. The average Bonchev–Trinajstić information content (AvgIpc) is 2.19. The van der Waals surface area contributed by atoms with Crippen LogP contribution in [0.3, 0.4) is 0 Å². The Morgan fingerprint density at radius 3 is 2.25 bits per heavy atom. The number of ether oxygens (including phenoxy) is 2. The summed E-state index contributed by atoms with van der Waals surface area (Å²) in [6.45, 7) is 2.19. The summed E-state index contributed by atoms with van der Waals surface area (Å²) in [7, 11) is 0. The maximum absolute atomic E-state index is 11.0. The molecule has 0 bridgehead atoms. The Balaban J connectivity index is 3.31. The summed E-state index contributed by atoms with van der Waals surface area (Å²) >= 11 is 16.2. The van der Waals surface area contributed by atoms with Gasteiger partial charge in [-0.25, -0.2) is 4.79 Å². The van der Waals surface area contributed by atoms with Crippen molar-refractivity contribution in [2.24, 2.45) is 0 Å². The van der Waals surface area contributed by atoms with Gasteiger partial charge in [-0.15, -0.1) is 0 Å². The summed E-state index contributed by atoms with van der Waals surface area (Å²) in [4.78, 5) is 11.0. The number of halogens is 3. The first-order valence-electron chi connectivity index (χ1n) is 5.32. The summed E-state index contributed by atoms with van der Waals surface area (Å²) in [5, 5.41) is 0. The second kappa shape index (κ2) is 9.20. The lowest BCUT2D eigenvalue weighted by Gasteiger charge is -2.11. The van der Waals surface area contributed by atoms with Crippen molar-refractivity contribution in [2.45, 2.75) is 42.8 Å². The number of hydrogen-bond acceptors (Lipinski definition) is 3. The predicted molar refractivity (Wildman–Crippen MR) is 66.3 cm³/mol. The van der Waals surface area contributed by atoms with E-state index in [1.54, 1.807) is 0 Å². The van der Waals surface area contributed by atoms with Crippen LogP contribution < -0.4 is 0 Å². The Morgan fingerprint density at radius 1 is 1.06 bits per heavy atom. The molecule has 3 nitrogen and oxygen atoms in total. The van der Waals surface area contributed by atoms with Gasteiger partial charge in [-0.2, -0.15) is 0 Å². The Bertz CT molecular complexity index is 192. The summed E-state index contributed by atoms with van der Waals surface area (Å²) in [5.41, 5.74) is 0. The molecule has 0 aromatic carbocycles. The topological polar surface area (TPSA) is 35.5 Å². The summed E-state index contributed by atoms with van der Waals surface area (Å²) in [6, 6.07) is 0. The van der Waals surface area contributed by atoms with Crippen LogP contribution in [0.2, 0.25) is 0 Å². The third-order valence-corrected chi connectivity index (χ3v) is 2.15. The monoisotopic (exact) mass is 290 g/mol. The summed E-state index contributed by atoms with van der Waals surface area (Å²) in [5.74, 6) is 0. The second-order valence-electron chi connectivity index (χ2n) is 3.42. The van der Waals surface area contributed by atoms with Crippen molar-refractivity contribution in [3.8, 4) is 0 Å². The quantitative estimate of drug-likeness (QED) is 0.394. The molecule has 16 heavy (non-hydrogen) atoms. The van der Waals surface area contributed by atoms with Crippen molar-refractivity contribution in [2.75, 3.05) is 13.2 Å². The van der Waals surface area contributed by atoms with E-state index in [-0.39, 0.29) is 6.61 Å². The molecule has 0 radical (unpaired) electrons. The molecule has 6 heteroatoms. The van der Waals surface area contributed by atoms with Gasteiger partial charge in [0.25, 0.3) is 0 Å². The molecule has 0 saturated carbocycles. The Kier molecular flexibility index (Phi) is 9.28. The van der Waals surface area contributed by atoms with Crippen LogP contribution in [0.1, 0.15) is 39.0 Å². The fraction of sp³-hybridized carbons (Fsp3) is 0.900. The molecule has 0 aliphatic rings. The molecule has 0 fully saturated rings. The highest BCUT2D eigenvalue weighted by Crippen LogP contribution is 2.25. The molecule has 0 amide bonds. The lowest BCUT2D eigenvalue weighted by Crippen LogP contribution is -2.18. The summed E-state index contributed by atoms with van der Waals surface area (Å²) < 4.78 is 7.77. The van der Waals surface area contributed by atoms with E-state index in [0.29, 0.717) is 6.61 Å². The number of unbranched alkanes of at least 4 members (excludes halogenated alkanes) is 4. The zero-order chi connectivity index (χ0) is 12.4. The van der Waals surface area contributed by atoms with Gasteiger partial charge in [0.2, 0.25) is 3.79 Å². The van der Waals surface area contributed by atoms with Crippen LogP contribution in [0.4, 0.5) is 4.79 Å². The molecule has 0 unspecified atom stereocenters. The molecular weight excluding hydrogens is 274 g/mol. The van der Waals surface area contributed by atoms with E-state index in [4.69, 9.17) is 39.5 Å². The minimum absolute atomic E-state index is 0.299. The second-order valence-corrected chi connectivity index (χ2v) is 5.93. The average molecular weight is 292 g/mol. The van der Waals surface area contributed by atoms with Crippen LogP contribution in [0.5, 0.6) is 0 Å². The number of carbonyl (C=O) groups is 1. The molecule has 0 atom stereocenters. The van der Waals surface area contributed by atoms with Crippen molar-refractivity contribution in [3.05, 3.63) is 0 Å². The molecule has 0 aliphatic heterocycles. The highest BCUT2D eigenvalue weighted by atomic mass is 35.6. The molecule has 0 aliphatic carbocycles. The smallest absolute Gasteiger partial charge is 0.434 e. The lowest BCUT2D eigenvalue weighted by molar-refractivity contribution is 0.0554. The molecular formula is C10H17Cl3O3. The zero-order valence-corrected chi connectivity index (χ0v) is 11.6. The molecule has 0 spiro atoms. The van der Waals surface area contributed by atoms with Gasteiger partial charge in [-0.3, -0.25) is 0 Å². The minimum atomic E-state index is -1.58. The van der Waals surface area contributed by atoms with Crippen molar-refractivity contribution in [3.63, 3.8) is 0 Å². The molecule has 0 aromatic heterocycles. The van der Waals surface area contributed by atoms with Gasteiger partial charge in [-0.1, -0.05) is 67.4 Å². The van der Waals surface area contributed by atoms with E-state index < -0.39 is 9.95 Å². The van der Waals surface area contributed by atoms with Gasteiger partial charge in [-0.05, 0) is 6.42 Å². The standard InChI is InChI=1S/C10H17Cl3O3/c1-2-3-4-5-6-7-15-9(14)16-8-10(11,12)13/h2-8H2,1H3. The maximum Gasteiger partial charge on any atom is 0.508 e. The van der Waals surface area contributed by atoms with E-state index in [1.165, 1.54) is 12.8 Å². The van der Waals surface area contributed by atoms with Gasteiger partial charge in [0, 0.05) is 0 Å². The van der Waals surface area contributed by atoms with Gasteiger partial charge in [0.15, 0.2) is 0 Å². The first kappa shape index (κ1) is 16.1. The van der Waals surface area contributed by atoms with Crippen LogP contribution >= 0.6 is 34.8 Å². The zero-order valence-electron chi connectivity index (χ0n) is 9.31. The van der Waals surface area contributed by atoms with Crippen molar-refractivity contribution < 1.29 is 14.3 Å². The maximum atomic E-state index is 11.0. The van der Waals surface area contributed by atoms with Crippen LogP contribution in [-0.4, -0.2) is 23.2 Å². The van der Waals surface area contributed by atoms with Crippen molar-refractivity contribution >= 4 is 41.0 Å². The molecule has 0 aromatic rings. The number of carbonyl (C=O) groups excluding carboxylic acids is 1. The van der Waals surface area contributed by atoms with E-state index >= 15 is 0 Å². The SMILES string of the molecule is CCCCCCCOC(=O)OCC(Cl)(Cl)Cl. The van der Waals surface area contributed by atoms with Crippen LogP contribution in [0, 0.1) is 0 Å². The van der Waals surface area contributed by atoms with Crippen molar-refractivity contribution in [1.82, 2.24) is 0 Å². The Labute approximate surface area is 111 Å².